The summed E-state index contributed by atoms with van der Waals surface area (Å²) in [6.07, 6.45) is 10.2. The molecular formula is C30H46O5. The van der Waals surface area contributed by atoms with E-state index in [4.69, 9.17) is 9.47 Å². The van der Waals surface area contributed by atoms with Crippen LogP contribution < -0.4 is 0 Å². The van der Waals surface area contributed by atoms with Crippen LogP contribution in [0.5, 0.6) is 0 Å². The smallest absolute Gasteiger partial charge is 0.311 e. The van der Waals surface area contributed by atoms with Crippen molar-refractivity contribution >= 4 is 11.9 Å². The van der Waals surface area contributed by atoms with Crippen LogP contribution in [0.25, 0.3) is 0 Å². The second kappa shape index (κ2) is 7.05. The first kappa shape index (κ1) is 24.2. The number of fused-ring (bicyclic) bond motifs is 6. The fraction of sp³-hybridized carbons (Fsp3) is 0.933. The summed E-state index contributed by atoms with van der Waals surface area (Å²) in [5.74, 6) is 0.707. The molecule has 35 heavy (non-hydrogen) atoms. The number of hydrogen-bond acceptors (Lipinski definition) is 4. The molecule has 2 saturated heterocycles. The van der Waals surface area contributed by atoms with Crippen molar-refractivity contribution in [3.05, 3.63) is 0 Å². The van der Waals surface area contributed by atoms with Gasteiger partial charge in [0.05, 0.1) is 17.9 Å². The van der Waals surface area contributed by atoms with Gasteiger partial charge in [0.25, 0.3) is 0 Å². The van der Waals surface area contributed by atoms with Crippen LogP contribution >= 0.6 is 0 Å². The summed E-state index contributed by atoms with van der Waals surface area (Å²) in [6, 6.07) is 0. The van der Waals surface area contributed by atoms with Crippen molar-refractivity contribution in [1.29, 1.82) is 0 Å². The Morgan fingerprint density at radius 2 is 1.51 bits per heavy atom. The molecule has 5 heteroatoms. The van der Waals surface area contributed by atoms with Crippen LogP contribution in [0.3, 0.4) is 0 Å². The van der Waals surface area contributed by atoms with Crippen molar-refractivity contribution in [2.45, 2.75) is 112 Å². The Kier molecular flexibility index (Phi) is 4.89. The molecule has 1 spiro atoms. The topological polar surface area (TPSA) is 72.8 Å². The molecule has 0 radical (unpaired) electrons. The maximum atomic E-state index is 12.8. The van der Waals surface area contributed by atoms with E-state index in [1.54, 1.807) is 0 Å². The van der Waals surface area contributed by atoms with Gasteiger partial charge >= 0.3 is 11.9 Å². The zero-order chi connectivity index (χ0) is 25.2. The molecule has 1 N–H and O–H groups in total. The highest BCUT2D eigenvalue weighted by Crippen LogP contribution is 2.79. The number of carbonyl (C=O) groups is 2. The molecule has 6 aliphatic rings. The molecule has 6 rings (SSSR count). The molecule has 196 valence electrons. The highest BCUT2D eigenvalue weighted by molar-refractivity contribution is 5.76. The van der Waals surface area contributed by atoms with Gasteiger partial charge in [-0.05, 0) is 111 Å². The average molecular weight is 487 g/mol. The number of carboxylic acid groups (broad SMARTS) is 1. The van der Waals surface area contributed by atoms with Gasteiger partial charge in [-0.1, -0.05) is 34.6 Å². The molecule has 5 nitrogen and oxygen atoms in total. The van der Waals surface area contributed by atoms with Gasteiger partial charge < -0.3 is 14.6 Å². The van der Waals surface area contributed by atoms with Crippen LogP contribution in [0.2, 0.25) is 0 Å². The number of hydrogen-bond donors (Lipinski definition) is 1. The molecule has 11 atom stereocenters. The van der Waals surface area contributed by atoms with Crippen LogP contribution in [0.1, 0.15) is 106 Å². The summed E-state index contributed by atoms with van der Waals surface area (Å²) in [5.41, 5.74) is -0.0481. The van der Waals surface area contributed by atoms with Crippen LogP contribution in [-0.2, 0) is 19.1 Å². The van der Waals surface area contributed by atoms with E-state index in [0.717, 1.165) is 44.9 Å². The monoisotopic (exact) mass is 486 g/mol. The van der Waals surface area contributed by atoms with E-state index in [1.165, 1.54) is 19.3 Å². The van der Waals surface area contributed by atoms with Gasteiger partial charge in [0.1, 0.15) is 0 Å². The third-order valence-electron chi connectivity index (χ3n) is 14.1. The van der Waals surface area contributed by atoms with Gasteiger partial charge in [0.2, 0.25) is 6.29 Å². The molecule has 0 amide bonds. The van der Waals surface area contributed by atoms with Crippen molar-refractivity contribution in [2.75, 3.05) is 6.61 Å². The van der Waals surface area contributed by atoms with E-state index in [1.807, 2.05) is 6.92 Å². The number of carboxylic acids is 1. The SMILES string of the molecule is CC1C(=O)OC2OCCC3C4(C)CCC5(C)C6CC(C)(C(=O)O)CCC6(C)CCC5(C)C4CCC213. The highest BCUT2D eigenvalue weighted by atomic mass is 16.7. The summed E-state index contributed by atoms with van der Waals surface area (Å²) in [4.78, 5) is 25.1. The second-order valence-corrected chi connectivity index (χ2v) is 15.0. The third kappa shape index (κ3) is 2.70. The fourth-order valence-corrected chi connectivity index (χ4v) is 11.6. The van der Waals surface area contributed by atoms with Gasteiger partial charge in [0.15, 0.2) is 0 Å². The summed E-state index contributed by atoms with van der Waals surface area (Å²) in [7, 11) is 0. The van der Waals surface area contributed by atoms with Gasteiger partial charge in [-0.25, -0.2) is 0 Å². The second-order valence-electron chi connectivity index (χ2n) is 15.0. The average Bonchev–Trinajstić information content (AvgIpc) is 3.06. The Morgan fingerprint density at radius 3 is 2.23 bits per heavy atom. The minimum absolute atomic E-state index is 0.0700. The van der Waals surface area contributed by atoms with Crippen molar-refractivity contribution < 1.29 is 24.2 Å². The predicted octanol–water partition coefficient (Wildman–Crippen LogP) is 6.44. The van der Waals surface area contributed by atoms with E-state index in [9.17, 15) is 14.7 Å². The van der Waals surface area contributed by atoms with E-state index in [-0.39, 0.29) is 45.3 Å². The standard InChI is InChI=1S/C30H46O5/c1-18-22(31)35-24-30(18)9-7-19-27(4,20(30)8-16-34-24)13-15-29(6)21-17-26(3,23(32)33)11-10-25(21,2)12-14-28(19,29)5/h18-21,24H,7-17H2,1-6H3,(H,32,33). The summed E-state index contributed by atoms with van der Waals surface area (Å²) in [6.45, 7) is 14.9. The summed E-state index contributed by atoms with van der Waals surface area (Å²) >= 11 is 0. The Balaban J connectivity index is 1.40. The van der Waals surface area contributed by atoms with Gasteiger partial charge in [-0.15, -0.1) is 0 Å². The number of esters is 1. The molecule has 0 aromatic rings. The van der Waals surface area contributed by atoms with Crippen molar-refractivity contribution in [1.82, 2.24) is 0 Å². The molecule has 11 unspecified atom stereocenters. The maximum Gasteiger partial charge on any atom is 0.311 e. The lowest BCUT2D eigenvalue weighted by atomic mass is 9.30. The molecule has 2 aliphatic heterocycles. The maximum absolute atomic E-state index is 12.8. The van der Waals surface area contributed by atoms with Crippen LogP contribution in [0, 0.1) is 56.2 Å². The van der Waals surface area contributed by atoms with Gasteiger partial charge in [0, 0.05) is 5.41 Å². The lowest BCUT2D eigenvalue weighted by molar-refractivity contribution is -0.294. The Bertz CT molecular complexity index is 962. The van der Waals surface area contributed by atoms with Gasteiger partial charge in [-0.2, -0.15) is 0 Å². The van der Waals surface area contributed by atoms with Crippen LogP contribution in [-0.4, -0.2) is 29.9 Å². The fourth-order valence-electron chi connectivity index (χ4n) is 11.6. The number of aliphatic carboxylic acids is 1. The predicted molar refractivity (Wildman–Crippen MR) is 132 cm³/mol. The molecule has 4 saturated carbocycles. The minimum Gasteiger partial charge on any atom is -0.481 e. The first-order valence-electron chi connectivity index (χ1n) is 14.3. The third-order valence-corrected chi connectivity index (χ3v) is 14.1. The van der Waals surface area contributed by atoms with E-state index < -0.39 is 11.4 Å². The van der Waals surface area contributed by atoms with Crippen molar-refractivity contribution in [3.8, 4) is 0 Å². The number of carbonyl (C=O) groups excluding carboxylic acids is 1. The van der Waals surface area contributed by atoms with E-state index in [2.05, 4.69) is 34.6 Å². The summed E-state index contributed by atoms with van der Waals surface area (Å²) in [5, 5.41) is 10.2. The largest absolute Gasteiger partial charge is 0.481 e. The normalized spacial score (nSPS) is 59.3. The van der Waals surface area contributed by atoms with Crippen LogP contribution in [0.15, 0.2) is 0 Å². The van der Waals surface area contributed by atoms with Crippen LogP contribution in [0.4, 0.5) is 0 Å². The molecule has 0 aromatic heterocycles. The van der Waals surface area contributed by atoms with E-state index in [0.29, 0.717) is 24.4 Å². The number of ether oxygens (including phenoxy) is 2. The number of rotatable bonds is 1. The minimum atomic E-state index is -0.608. The zero-order valence-corrected chi connectivity index (χ0v) is 22.7. The van der Waals surface area contributed by atoms with Gasteiger partial charge in [-0.3, -0.25) is 9.59 Å². The molecule has 6 fully saturated rings. The summed E-state index contributed by atoms with van der Waals surface area (Å²) < 4.78 is 11.9. The molecule has 0 bridgehead atoms. The lowest BCUT2D eigenvalue weighted by Crippen LogP contribution is -2.69. The molecule has 0 aromatic carbocycles. The molecular weight excluding hydrogens is 440 g/mol. The first-order valence-corrected chi connectivity index (χ1v) is 14.3. The quantitative estimate of drug-likeness (QED) is 0.432. The first-order chi connectivity index (χ1) is 16.3. The Hall–Kier alpha value is -1.10. The van der Waals surface area contributed by atoms with E-state index >= 15 is 0 Å². The zero-order valence-electron chi connectivity index (χ0n) is 22.7. The Labute approximate surface area is 211 Å². The Morgan fingerprint density at radius 1 is 0.857 bits per heavy atom. The van der Waals surface area contributed by atoms with Crippen molar-refractivity contribution in [2.24, 2.45) is 56.2 Å². The lowest BCUT2D eigenvalue weighted by Gasteiger charge is -2.74. The molecule has 2 heterocycles. The molecule has 4 aliphatic carbocycles. The van der Waals surface area contributed by atoms with Crippen molar-refractivity contribution in [3.63, 3.8) is 0 Å². The highest BCUT2D eigenvalue weighted by Gasteiger charge is 2.74.